The zero-order valence-corrected chi connectivity index (χ0v) is 21.3. The van der Waals surface area contributed by atoms with Gasteiger partial charge in [-0.2, -0.15) is 0 Å². The van der Waals surface area contributed by atoms with Crippen molar-refractivity contribution in [3.05, 3.63) is 101 Å². The Kier molecular flexibility index (Phi) is 6.22. The molecule has 2 aromatic heterocycles. The molecule has 37 heavy (non-hydrogen) atoms. The van der Waals surface area contributed by atoms with Gasteiger partial charge in [0, 0.05) is 22.2 Å². The van der Waals surface area contributed by atoms with E-state index in [9.17, 15) is 13.2 Å². The smallest absolute Gasteiger partial charge is 0.264 e. The Labute approximate surface area is 214 Å². The topological polar surface area (TPSA) is 114 Å². The lowest BCUT2D eigenvalue weighted by molar-refractivity contribution is 0.102. The lowest BCUT2D eigenvalue weighted by atomic mass is 10.0. The molecule has 1 amide bonds. The monoisotopic (exact) mass is 512 g/mol. The Balaban J connectivity index is 1.43. The van der Waals surface area contributed by atoms with E-state index in [2.05, 4.69) is 15.2 Å². The molecule has 0 bridgehead atoms. The number of aromatic nitrogens is 2. The van der Waals surface area contributed by atoms with Gasteiger partial charge in [-0.1, -0.05) is 47.6 Å². The normalized spacial score (nSPS) is 11.4. The van der Waals surface area contributed by atoms with Crippen LogP contribution in [-0.2, 0) is 10.0 Å². The molecule has 2 heterocycles. The second kappa shape index (κ2) is 9.51. The van der Waals surface area contributed by atoms with E-state index in [0.717, 1.165) is 16.5 Å². The lowest BCUT2D eigenvalue weighted by Gasteiger charge is -2.12. The van der Waals surface area contributed by atoms with E-state index >= 15 is 0 Å². The van der Waals surface area contributed by atoms with Crippen molar-refractivity contribution in [1.82, 2.24) is 10.1 Å². The van der Waals surface area contributed by atoms with E-state index in [1.807, 2.05) is 55.5 Å². The van der Waals surface area contributed by atoms with E-state index in [4.69, 9.17) is 9.51 Å². The van der Waals surface area contributed by atoms with E-state index in [1.54, 1.807) is 19.9 Å². The van der Waals surface area contributed by atoms with Gasteiger partial charge >= 0.3 is 0 Å². The molecule has 0 unspecified atom stereocenters. The van der Waals surface area contributed by atoms with Crippen LogP contribution in [0.3, 0.4) is 0 Å². The van der Waals surface area contributed by atoms with Gasteiger partial charge in [-0.25, -0.2) is 18.1 Å². The first-order valence-electron chi connectivity index (χ1n) is 11.6. The summed E-state index contributed by atoms with van der Waals surface area (Å²) in [6, 6.07) is 23.0. The number of nitrogens with one attached hydrogen (secondary N) is 2. The van der Waals surface area contributed by atoms with Crippen molar-refractivity contribution in [2.75, 3.05) is 10.0 Å². The summed E-state index contributed by atoms with van der Waals surface area (Å²) in [6.07, 6.45) is 0. The van der Waals surface area contributed by atoms with Crippen LogP contribution in [0.2, 0.25) is 0 Å². The average molecular weight is 513 g/mol. The molecule has 3 aromatic carbocycles. The van der Waals surface area contributed by atoms with E-state index in [1.165, 1.54) is 24.3 Å². The van der Waals surface area contributed by atoms with Crippen molar-refractivity contribution in [2.45, 2.75) is 25.7 Å². The highest BCUT2D eigenvalue weighted by Gasteiger charge is 2.20. The second-order valence-electron chi connectivity index (χ2n) is 8.69. The molecule has 2 N–H and O–H groups in total. The van der Waals surface area contributed by atoms with Crippen LogP contribution in [0.4, 0.5) is 11.6 Å². The largest absolute Gasteiger partial charge is 0.337 e. The molecule has 0 aliphatic heterocycles. The number of anilines is 2. The quantitative estimate of drug-likeness (QED) is 0.294. The maximum absolute atomic E-state index is 13.4. The van der Waals surface area contributed by atoms with Crippen LogP contribution in [0, 0.1) is 20.8 Å². The van der Waals surface area contributed by atoms with E-state index < -0.39 is 10.0 Å². The highest BCUT2D eigenvalue weighted by molar-refractivity contribution is 7.92. The molecule has 8 nitrogen and oxygen atoms in total. The second-order valence-corrected chi connectivity index (χ2v) is 10.4. The van der Waals surface area contributed by atoms with Gasteiger partial charge < -0.3 is 9.84 Å². The van der Waals surface area contributed by atoms with Crippen LogP contribution in [0.1, 0.15) is 27.2 Å². The van der Waals surface area contributed by atoms with Crippen molar-refractivity contribution in [3.63, 3.8) is 0 Å². The highest BCUT2D eigenvalue weighted by atomic mass is 32.2. The first-order valence-corrected chi connectivity index (χ1v) is 13.0. The van der Waals surface area contributed by atoms with Gasteiger partial charge in [-0.15, -0.1) is 0 Å². The maximum Gasteiger partial charge on any atom is 0.264 e. The number of rotatable bonds is 6. The average Bonchev–Trinajstić information content (AvgIpc) is 3.20. The van der Waals surface area contributed by atoms with Gasteiger partial charge in [-0.3, -0.25) is 4.79 Å². The summed E-state index contributed by atoms with van der Waals surface area (Å²) in [4.78, 5) is 18.2. The van der Waals surface area contributed by atoms with Crippen molar-refractivity contribution in [1.29, 1.82) is 0 Å². The molecule has 0 fully saturated rings. The number of carbonyl (C=O) groups is 1. The molecule has 186 valence electrons. The molecule has 0 atom stereocenters. The predicted octanol–water partition coefficient (Wildman–Crippen LogP) is 5.87. The summed E-state index contributed by atoms with van der Waals surface area (Å²) in [5.41, 5.74) is 5.55. The summed E-state index contributed by atoms with van der Waals surface area (Å²) < 4.78 is 33.0. The van der Waals surface area contributed by atoms with Gasteiger partial charge in [0.05, 0.1) is 27.4 Å². The van der Waals surface area contributed by atoms with Gasteiger partial charge in [-0.05, 0) is 62.7 Å². The number of para-hydroxylation sites is 1. The molecule has 0 saturated carbocycles. The fraction of sp³-hybridized carbons (Fsp3) is 0.107. The first kappa shape index (κ1) is 24.2. The van der Waals surface area contributed by atoms with Crippen molar-refractivity contribution in [3.8, 4) is 11.3 Å². The van der Waals surface area contributed by atoms with Crippen molar-refractivity contribution >= 4 is 38.4 Å². The molecule has 0 saturated heterocycles. The Morgan fingerprint density at radius 3 is 2.30 bits per heavy atom. The number of carbonyl (C=O) groups excluding carboxylic acids is 1. The van der Waals surface area contributed by atoms with Crippen LogP contribution in [0.15, 0.2) is 88.3 Å². The molecule has 0 spiro atoms. The predicted molar refractivity (Wildman–Crippen MR) is 143 cm³/mol. The minimum Gasteiger partial charge on any atom is -0.337 e. The fourth-order valence-electron chi connectivity index (χ4n) is 3.97. The van der Waals surface area contributed by atoms with Crippen LogP contribution in [0.25, 0.3) is 22.2 Å². The number of aryl methyl sites for hydroxylation is 2. The van der Waals surface area contributed by atoms with Gasteiger partial charge in [0.2, 0.25) is 5.88 Å². The standard InChI is InChI=1S/C28H24N4O4S/c1-17-8-4-5-9-22(17)26-16-24(23-10-6-7-11-25(23)30-26)27(33)29-20-12-14-21(15-13-20)37(34,35)32-28-18(2)19(3)31-36-28/h4-16,32H,1-3H3,(H,29,33). The Morgan fingerprint density at radius 2 is 1.59 bits per heavy atom. The maximum atomic E-state index is 13.4. The zero-order chi connectivity index (χ0) is 26.2. The molecule has 9 heteroatoms. The molecule has 0 aliphatic rings. The summed E-state index contributed by atoms with van der Waals surface area (Å²) >= 11 is 0. The summed E-state index contributed by atoms with van der Waals surface area (Å²) in [5, 5.41) is 7.36. The van der Waals surface area contributed by atoms with Crippen LogP contribution in [0.5, 0.6) is 0 Å². The zero-order valence-electron chi connectivity index (χ0n) is 20.4. The molecule has 0 radical (unpaired) electrons. The number of fused-ring (bicyclic) bond motifs is 1. The third-order valence-corrected chi connectivity index (χ3v) is 7.54. The summed E-state index contributed by atoms with van der Waals surface area (Å²) in [6.45, 7) is 5.45. The van der Waals surface area contributed by atoms with Crippen LogP contribution in [-0.4, -0.2) is 24.5 Å². The van der Waals surface area contributed by atoms with Crippen molar-refractivity contribution in [2.24, 2.45) is 0 Å². The van der Waals surface area contributed by atoms with Crippen LogP contribution >= 0.6 is 0 Å². The van der Waals surface area contributed by atoms with Gasteiger partial charge in [0.15, 0.2) is 0 Å². The number of amides is 1. The fourth-order valence-corrected chi connectivity index (χ4v) is 5.02. The molecular formula is C28H24N4O4S. The first-order chi connectivity index (χ1) is 17.7. The molecule has 5 rings (SSSR count). The minimum absolute atomic E-state index is 0.0233. The summed E-state index contributed by atoms with van der Waals surface area (Å²) in [7, 11) is -3.89. The molecule has 5 aromatic rings. The Bertz CT molecular complexity index is 1740. The Hall–Kier alpha value is -4.50. The number of pyridine rings is 1. The lowest BCUT2D eigenvalue weighted by Crippen LogP contribution is -2.15. The number of hydrogen-bond donors (Lipinski definition) is 2. The van der Waals surface area contributed by atoms with Crippen molar-refractivity contribution < 1.29 is 17.7 Å². The Morgan fingerprint density at radius 1 is 0.892 bits per heavy atom. The molecule has 0 aliphatic carbocycles. The van der Waals surface area contributed by atoms with Gasteiger partial charge in [0.1, 0.15) is 0 Å². The van der Waals surface area contributed by atoms with E-state index in [0.29, 0.717) is 33.7 Å². The van der Waals surface area contributed by atoms with Gasteiger partial charge in [0.25, 0.3) is 15.9 Å². The number of hydrogen-bond acceptors (Lipinski definition) is 6. The van der Waals surface area contributed by atoms with E-state index in [-0.39, 0.29) is 16.7 Å². The number of nitrogens with zero attached hydrogens (tertiary/aromatic N) is 2. The number of benzene rings is 3. The van der Waals surface area contributed by atoms with Crippen LogP contribution < -0.4 is 10.0 Å². The third kappa shape index (κ3) is 4.81. The SMILES string of the molecule is Cc1ccccc1-c1cc(C(=O)Nc2ccc(S(=O)(=O)Nc3onc(C)c3C)cc2)c2ccccc2n1. The molecular weight excluding hydrogens is 488 g/mol. The minimum atomic E-state index is -3.89. The summed E-state index contributed by atoms with van der Waals surface area (Å²) in [5.74, 6) is -0.251. The third-order valence-electron chi connectivity index (χ3n) is 6.19. The number of sulfonamides is 1. The highest BCUT2D eigenvalue weighted by Crippen LogP contribution is 2.28.